The van der Waals surface area contributed by atoms with Crippen molar-refractivity contribution >= 4 is 5.91 Å². The molecule has 0 spiro atoms. The standard InChI is InChI=1S/C11H15FN2O3/c1-17-7-10(15)2-3-14-11(16)8-4-9(12)6-13-5-8/h4-6,10,15H,2-3,7H2,1H3,(H,14,16). The quantitative estimate of drug-likeness (QED) is 0.755. The van der Waals surface area contributed by atoms with E-state index >= 15 is 0 Å². The van der Waals surface area contributed by atoms with E-state index in [-0.39, 0.29) is 12.2 Å². The van der Waals surface area contributed by atoms with Gasteiger partial charge in [-0.15, -0.1) is 0 Å². The Labute approximate surface area is 98.6 Å². The van der Waals surface area contributed by atoms with Crippen LogP contribution in [0.2, 0.25) is 0 Å². The van der Waals surface area contributed by atoms with Crippen molar-refractivity contribution in [3.05, 3.63) is 29.8 Å². The predicted octanol–water partition coefficient (Wildman–Crippen LogP) is 0.348. The maximum atomic E-state index is 12.8. The number of aliphatic hydroxyl groups is 1. The molecule has 0 fully saturated rings. The number of halogens is 1. The van der Waals surface area contributed by atoms with Crippen LogP contribution in [0.1, 0.15) is 16.8 Å². The van der Waals surface area contributed by atoms with Crippen molar-refractivity contribution in [1.82, 2.24) is 10.3 Å². The van der Waals surface area contributed by atoms with E-state index in [9.17, 15) is 14.3 Å². The average molecular weight is 242 g/mol. The number of carbonyl (C=O) groups excluding carboxylic acids is 1. The highest BCUT2D eigenvalue weighted by atomic mass is 19.1. The largest absolute Gasteiger partial charge is 0.391 e. The third kappa shape index (κ3) is 4.88. The number of hydrogen-bond donors (Lipinski definition) is 2. The van der Waals surface area contributed by atoms with Gasteiger partial charge in [-0.05, 0) is 12.5 Å². The van der Waals surface area contributed by atoms with Crippen LogP contribution in [0, 0.1) is 5.82 Å². The van der Waals surface area contributed by atoms with E-state index in [0.717, 1.165) is 12.3 Å². The lowest BCUT2D eigenvalue weighted by molar-refractivity contribution is 0.0587. The van der Waals surface area contributed by atoms with Gasteiger partial charge in [0.25, 0.3) is 5.91 Å². The Hall–Kier alpha value is -1.53. The number of pyridine rings is 1. The molecule has 1 rings (SSSR count). The molecule has 2 N–H and O–H groups in total. The molecule has 6 heteroatoms. The van der Waals surface area contributed by atoms with Gasteiger partial charge in [-0.1, -0.05) is 0 Å². The van der Waals surface area contributed by atoms with E-state index < -0.39 is 17.8 Å². The van der Waals surface area contributed by atoms with Gasteiger partial charge in [0.15, 0.2) is 0 Å². The Kier molecular flexibility index (Phi) is 5.51. The normalized spacial score (nSPS) is 12.2. The van der Waals surface area contributed by atoms with E-state index in [2.05, 4.69) is 10.3 Å². The highest BCUT2D eigenvalue weighted by Gasteiger charge is 2.08. The van der Waals surface area contributed by atoms with E-state index in [1.807, 2.05) is 0 Å². The maximum Gasteiger partial charge on any atom is 0.252 e. The fourth-order valence-corrected chi connectivity index (χ4v) is 1.27. The Morgan fingerprint density at radius 2 is 2.41 bits per heavy atom. The second-order valence-corrected chi connectivity index (χ2v) is 3.55. The monoisotopic (exact) mass is 242 g/mol. The van der Waals surface area contributed by atoms with Gasteiger partial charge in [-0.25, -0.2) is 4.39 Å². The first-order valence-electron chi connectivity index (χ1n) is 5.19. The summed E-state index contributed by atoms with van der Waals surface area (Å²) in [4.78, 5) is 15.1. The Morgan fingerprint density at radius 1 is 1.65 bits per heavy atom. The van der Waals surface area contributed by atoms with Crippen molar-refractivity contribution in [3.63, 3.8) is 0 Å². The molecule has 17 heavy (non-hydrogen) atoms. The molecule has 1 unspecified atom stereocenters. The number of amides is 1. The number of methoxy groups -OCH3 is 1. The van der Waals surface area contributed by atoms with Crippen molar-refractivity contribution in [2.75, 3.05) is 20.3 Å². The average Bonchev–Trinajstić information content (AvgIpc) is 2.29. The van der Waals surface area contributed by atoms with Gasteiger partial charge in [-0.2, -0.15) is 0 Å². The third-order valence-corrected chi connectivity index (χ3v) is 2.09. The summed E-state index contributed by atoms with van der Waals surface area (Å²) in [6.07, 6.45) is 2.07. The predicted molar refractivity (Wildman–Crippen MR) is 59.0 cm³/mol. The van der Waals surface area contributed by atoms with Crippen LogP contribution in [0.5, 0.6) is 0 Å². The zero-order chi connectivity index (χ0) is 12.7. The van der Waals surface area contributed by atoms with Gasteiger partial charge in [-0.3, -0.25) is 9.78 Å². The van der Waals surface area contributed by atoms with Gasteiger partial charge in [0.1, 0.15) is 5.82 Å². The van der Waals surface area contributed by atoms with Gasteiger partial charge in [0, 0.05) is 19.9 Å². The second-order valence-electron chi connectivity index (χ2n) is 3.55. The summed E-state index contributed by atoms with van der Waals surface area (Å²) in [7, 11) is 1.49. The van der Waals surface area contributed by atoms with Crippen LogP contribution in [-0.4, -0.2) is 42.4 Å². The number of rotatable bonds is 6. The SMILES string of the molecule is COCC(O)CCNC(=O)c1cncc(F)c1. The number of aromatic nitrogens is 1. The van der Waals surface area contributed by atoms with Crippen molar-refractivity contribution < 1.29 is 19.0 Å². The molecule has 1 aromatic rings. The van der Waals surface area contributed by atoms with Crippen LogP contribution in [-0.2, 0) is 4.74 Å². The first-order valence-corrected chi connectivity index (χ1v) is 5.19. The highest BCUT2D eigenvalue weighted by Crippen LogP contribution is 2.00. The van der Waals surface area contributed by atoms with Crippen LogP contribution in [0.15, 0.2) is 18.5 Å². The molecule has 0 saturated carbocycles. The molecule has 0 aliphatic rings. The summed E-state index contributed by atoms with van der Waals surface area (Å²) in [5.41, 5.74) is 0.159. The molecule has 0 saturated heterocycles. The van der Waals surface area contributed by atoms with Crippen LogP contribution >= 0.6 is 0 Å². The van der Waals surface area contributed by atoms with E-state index in [1.54, 1.807) is 0 Å². The van der Waals surface area contributed by atoms with Gasteiger partial charge < -0.3 is 15.2 Å². The smallest absolute Gasteiger partial charge is 0.252 e. The lowest BCUT2D eigenvalue weighted by atomic mass is 10.2. The number of hydrogen-bond acceptors (Lipinski definition) is 4. The maximum absolute atomic E-state index is 12.8. The van der Waals surface area contributed by atoms with Crippen molar-refractivity contribution in [2.45, 2.75) is 12.5 Å². The van der Waals surface area contributed by atoms with Crippen LogP contribution in [0.3, 0.4) is 0 Å². The molecule has 0 bridgehead atoms. The van der Waals surface area contributed by atoms with E-state index in [1.165, 1.54) is 13.3 Å². The van der Waals surface area contributed by atoms with Crippen molar-refractivity contribution in [1.29, 1.82) is 0 Å². The molecular weight excluding hydrogens is 227 g/mol. The lowest BCUT2D eigenvalue weighted by Gasteiger charge is -2.09. The topological polar surface area (TPSA) is 71.5 Å². The van der Waals surface area contributed by atoms with E-state index in [4.69, 9.17) is 4.74 Å². The summed E-state index contributed by atoms with van der Waals surface area (Å²) < 4.78 is 17.5. The highest BCUT2D eigenvalue weighted by molar-refractivity contribution is 5.93. The Balaban J connectivity index is 2.35. The molecular formula is C11H15FN2O3. The molecule has 5 nitrogen and oxygen atoms in total. The fourth-order valence-electron chi connectivity index (χ4n) is 1.27. The Morgan fingerprint density at radius 3 is 3.06 bits per heavy atom. The molecule has 0 radical (unpaired) electrons. The molecule has 0 aromatic carbocycles. The summed E-state index contributed by atoms with van der Waals surface area (Å²) in [5.74, 6) is -0.973. The van der Waals surface area contributed by atoms with Crippen molar-refractivity contribution in [2.24, 2.45) is 0 Å². The zero-order valence-electron chi connectivity index (χ0n) is 9.52. The molecule has 1 atom stereocenters. The van der Waals surface area contributed by atoms with Crippen LogP contribution in [0.4, 0.5) is 4.39 Å². The minimum atomic E-state index is -0.620. The summed E-state index contributed by atoms with van der Waals surface area (Å²) >= 11 is 0. The lowest BCUT2D eigenvalue weighted by Crippen LogP contribution is -2.28. The number of nitrogens with zero attached hydrogens (tertiary/aromatic N) is 1. The number of nitrogens with one attached hydrogen (secondary N) is 1. The molecule has 0 aliphatic heterocycles. The van der Waals surface area contributed by atoms with Gasteiger partial charge in [0.2, 0.25) is 0 Å². The minimum Gasteiger partial charge on any atom is -0.391 e. The van der Waals surface area contributed by atoms with Gasteiger partial charge in [0.05, 0.1) is 24.5 Å². The van der Waals surface area contributed by atoms with Crippen molar-refractivity contribution in [3.8, 4) is 0 Å². The summed E-state index contributed by atoms with van der Waals surface area (Å²) in [5, 5.41) is 11.9. The summed E-state index contributed by atoms with van der Waals surface area (Å²) in [6, 6.07) is 1.11. The van der Waals surface area contributed by atoms with Crippen LogP contribution in [0.25, 0.3) is 0 Å². The van der Waals surface area contributed by atoms with Crippen LogP contribution < -0.4 is 5.32 Å². The first-order chi connectivity index (χ1) is 8.13. The summed E-state index contributed by atoms with van der Waals surface area (Å²) in [6.45, 7) is 0.511. The number of ether oxygens (including phenoxy) is 1. The number of carbonyl (C=O) groups is 1. The molecule has 1 aromatic heterocycles. The number of aliphatic hydroxyl groups excluding tert-OH is 1. The first kappa shape index (κ1) is 13.5. The second kappa shape index (κ2) is 6.93. The molecule has 0 aliphatic carbocycles. The zero-order valence-corrected chi connectivity index (χ0v) is 9.52. The third-order valence-electron chi connectivity index (χ3n) is 2.09. The molecule has 94 valence electrons. The Bertz CT molecular complexity index is 373. The van der Waals surface area contributed by atoms with Gasteiger partial charge >= 0.3 is 0 Å². The minimum absolute atomic E-state index is 0.159. The molecule has 1 amide bonds. The molecule has 1 heterocycles. The fraction of sp³-hybridized carbons (Fsp3) is 0.455. The van der Waals surface area contributed by atoms with E-state index in [0.29, 0.717) is 13.0 Å².